The van der Waals surface area contributed by atoms with Crippen molar-refractivity contribution in [2.45, 2.75) is 32.6 Å². The molecule has 12 heavy (non-hydrogen) atoms. The molecule has 0 N–H and O–H groups in total. The molecule has 0 aliphatic heterocycles. The molecular weight excluding hydrogens is 212 g/mol. The van der Waals surface area contributed by atoms with Crippen LogP contribution in [0.5, 0.6) is 0 Å². The number of hydrogen-bond donors (Lipinski definition) is 0. The van der Waals surface area contributed by atoms with Crippen LogP contribution in [0.25, 0.3) is 0 Å². The minimum atomic E-state index is 0.687. The highest BCUT2D eigenvalue weighted by molar-refractivity contribution is 9.10. The van der Waals surface area contributed by atoms with E-state index in [9.17, 15) is 0 Å². The molecule has 0 bridgehead atoms. The Morgan fingerprint density at radius 3 is 2.75 bits per heavy atom. The summed E-state index contributed by atoms with van der Waals surface area (Å²) in [5.41, 5.74) is 1.44. The fourth-order valence-corrected chi connectivity index (χ4v) is 1.83. The first-order valence-corrected chi connectivity index (χ1v) is 5.28. The Labute approximate surface area is 83.1 Å². The molecule has 0 heterocycles. The van der Waals surface area contributed by atoms with Gasteiger partial charge in [-0.25, -0.2) is 0 Å². The third-order valence-electron chi connectivity index (χ3n) is 2.14. The Morgan fingerprint density at radius 2 is 2.17 bits per heavy atom. The van der Waals surface area contributed by atoms with Gasteiger partial charge in [-0.05, 0) is 30.0 Å². The van der Waals surface area contributed by atoms with Crippen LogP contribution in [0.15, 0.2) is 28.7 Å². The lowest BCUT2D eigenvalue weighted by atomic mass is 9.97. The van der Waals surface area contributed by atoms with Crippen LogP contribution in [0.1, 0.15) is 38.2 Å². The molecule has 0 spiro atoms. The van der Waals surface area contributed by atoms with Crippen molar-refractivity contribution >= 4 is 15.9 Å². The van der Waals surface area contributed by atoms with Crippen molar-refractivity contribution < 1.29 is 0 Å². The van der Waals surface area contributed by atoms with Crippen molar-refractivity contribution in [1.29, 1.82) is 0 Å². The highest BCUT2D eigenvalue weighted by Gasteiger charge is 2.03. The summed E-state index contributed by atoms with van der Waals surface area (Å²) in [6.07, 6.45) is 2.53. The second-order valence-corrected chi connectivity index (χ2v) is 4.16. The highest BCUT2D eigenvalue weighted by atomic mass is 79.9. The molecule has 0 saturated carbocycles. The van der Waals surface area contributed by atoms with Crippen molar-refractivity contribution in [1.82, 2.24) is 0 Å². The number of benzene rings is 1. The van der Waals surface area contributed by atoms with Crippen LogP contribution in [-0.4, -0.2) is 0 Å². The van der Waals surface area contributed by atoms with E-state index in [1.54, 1.807) is 0 Å². The van der Waals surface area contributed by atoms with E-state index < -0.39 is 0 Å². The molecular formula is C11H15Br. The normalized spacial score (nSPS) is 12.9. The van der Waals surface area contributed by atoms with Gasteiger partial charge in [-0.2, -0.15) is 0 Å². The van der Waals surface area contributed by atoms with E-state index in [1.165, 1.54) is 22.9 Å². The summed E-state index contributed by atoms with van der Waals surface area (Å²) < 4.78 is 1.18. The summed E-state index contributed by atoms with van der Waals surface area (Å²) in [4.78, 5) is 0. The second kappa shape index (κ2) is 4.66. The first kappa shape index (κ1) is 9.79. The molecule has 1 heteroatoms. The number of halogens is 1. The van der Waals surface area contributed by atoms with Gasteiger partial charge < -0.3 is 0 Å². The van der Waals surface area contributed by atoms with Crippen LogP contribution in [0.3, 0.4) is 0 Å². The Bertz CT molecular complexity index is 243. The van der Waals surface area contributed by atoms with Gasteiger partial charge in [0.15, 0.2) is 0 Å². The van der Waals surface area contributed by atoms with Gasteiger partial charge in [-0.1, -0.05) is 48.3 Å². The largest absolute Gasteiger partial charge is 0.0654 e. The minimum absolute atomic E-state index is 0.687. The van der Waals surface area contributed by atoms with E-state index in [2.05, 4.69) is 54.0 Å². The number of hydrogen-bond acceptors (Lipinski definition) is 0. The summed E-state index contributed by atoms with van der Waals surface area (Å²) in [5, 5.41) is 0. The van der Waals surface area contributed by atoms with Gasteiger partial charge in [0, 0.05) is 4.47 Å². The zero-order valence-electron chi connectivity index (χ0n) is 7.68. The van der Waals surface area contributed by atoms with Gasteiger partial charge in [0.25, 0.3) is 0 Å². The van der Waals surface area contributed by atoms with E-state index >= 15 is 0 Å². The predicted octanol–water partition coefficient (Wildman–Crippen LogP) is 4.35. The van der Waals surface area contributed by atoms with Gasteiger partial charge in [0.05, 0.1) is 0 Å². The van der Waals surface area contributed by atoms with E-state index in [1.807, 2.05) is 0 Å². The molecule has 0 saturated heterocycles. The van der Waals surface area contributed by atoms with Crippen LogP contribution >= 0.6 is 15.9 Å². The Hall–Kier alpha value is -0.300. The molecule has 0 nitrogen and oxygen atoms in total. The molecule has 0 aromatic heterocycles. The lowest BCUT2D eigenvalue weighted by Gasteiger charge is -2.10. The topological polar surface area (TPSA) is 0 Å². The standard InChI is InChI=1S/C11H15Br/c1-3-5-9(2)10-6-4-7-11(12)8-10/h4,6-9H,3,5H2,1-2H3. The first-order valence-electron chi connectivity index (χ1n) is 4.49. The fraction of sp³-hybridized carbons (Fsp3) is 0.455. The Kier molecular flexibility index (Phi) is 3.80. The molecule has 1 unspecified atom stereocenters. The van der Waals surface area contributed by atoms with E-state index in [0.717, 1.165) is 0 Å². The SMILES string of the molecule is CCCC(C)c1cccc(Br)c1. The molecule has 0 aliphatic rings. The van der Waals surface area contributed by atoms with E-state index in [-0.39, 0.29) is 0 Å². The molecule has 0 radical (unpaired) electrons. The maximum absolute atomic E-state index is 3.48. The van der Waals surface area contributed by atoms with Gasteiger partial charge in [0.2, 0.25) is 0 Å². The molecule has 1 aromatic carbocycles. The zero-order chi connectivity index (χ0) is 8.97. The monoisotopic (exact) mass is 226 g/mol. The van der Waals surface area contributed by atoms with Crippen LogP contribution in [-0.2, 0) is 0 Å². The highest BCUT2D eigenvalue weighted by Crippen LogP contribution is 2.22. The molecule has 66 valence electrons. The Balaban J connectivity index is 2.73. The summed E-state index contributed by atoms with van der Waals surface area (Å²) in [5.74, 6) is 0.687. The number of rotatable bonds is 3. The molecule has 1 rings (SSSR count). The zero-order valence-corrected chi connectivity index (χ0v) is 9.26. The van der Waals surface area contributed by atoms with E-state index in [4.69, 9.17) is 0 Å². The van der Waals surface area contributed by atoms with Gasteiger partial charge >= 0.3 is 0 Å². The molecule has 0 fully saturated rings. The Morgan fingerprint density at radius 1 is 1.42 bits per heavy atom. The smallest absolute Gasteiger partial charge is 0.0178 e. The molecule has 1 atom stereocenters. The van der Waals surface area contributed by atoms with Crippen LogP contribution in [0.4, 0.5) is 0 Å². The third-order valence-corrected chi connectivity index (χ3v) is 2.63. The maximum Gasteiger partial charge on any atom is 0.0178 e. The van der Waals surface area contributed by atoms with Crippen molar-refractivity contribution in [3.05, 3.63) is 34.3 Å². The fourth-order valence-electron chi connectivity index (χ4n) is 1.41. The quantitative estimate of drug-likeness (QED) is 0.719. The summed E-state index contributed by atoms with van der Waals surface area (Å²) in [6.45, 7) is 4.51. The minimum Gasteiger partial charge on any atom is -0.0654 e. The van der Waals surface area contributed by atoms with Crippen molar-refractivity contribution in [3.63, 3.8) is 0 Å². The van der Waals surface area contributed by atoms with E-state index in [0.29, 0.717) is 5.92 Å². The molecule has 1 aromatic rings. The maximum atomic E-state index is 3.48. The van der Waals surface area contributed by atoms with Crippen molar-refractivity contribution in [2.75, 3.05) is 0 Å². The van der Waals surface area contributed by atoms with Crippen LogP contribution in [0, 0.1) is 0 Å². The second-order valence-electron chi connectivity index (χ2n) is 3.24. The van der Waals surface area contributed by atoms with Crippen LogP contribution in [0.2, 0.25) is 0 Å². The summed E-state index contributed by atoms with van der Waals surface area (Å²) in [7, 11) is 0. The first-order chi connectivity index (χ1) is 5.74. The predicted molar refractivity (Wildman–Crippen MR) is 57.5 cm³/mol. The van der Waals surface area contributed by atoms with Crippen molar-refractivity contribution in [3.8, 4) is 0 Å². The summed E-state index contributed by atoms with van der Waals surface area (Å²) in [6, 6.07) is 8.58. The summed E-state index contributed by atoms with van der Waals surface area (Å²) >= 11 is 3.48. The average Bonchev–Trinajstić information content (AvgIpc) is 2.05. The van der Waals surface area contributed by atoms with Gasteiger partial charge in [0.1, 0.15) is 0 Å². The third kappa shape index (κ3) is 2.63. The average molecular weight is 227 g/mol. The van der Waals surface area contributed by atoms with Crippen molar-refractivity contribution in [2.24, 2.45) is 0 Å². The lowest BCUT2D eigenvalue weighted by Crippen LogP contribution is -1.91. The molecule has 0 aliphatic carbocycles. The lowest BCUT2D eigenvalue weighted by molar-refractivity contribution is 0.664. The van der Waals surface area contributed by atoms with Gasteiger partial charge in [-0.15, -0.1) is 0 Å². The molecule has 0 amide bonds. The van der Waals surface area contributed by atoms with Gasteiger partial charge in [-0.3, -0.25) is 0 Å². The van der Waals surface area contributed by atoms with Crippen LogP contribution < -0.4 is 0 Å².